The Bertz CT molecular complexity index is 1110. The minimum absolute atomic E-state index is 0.181. The number of fused-ring (bicyclic) bond motifs is 1. The van der Waals surface area contributed by atoms with Crippen molar-refractivity contribution >= 4 is 28.6 Å². The topological polar surface area (TPSA) is 124 Å². The zero-order valence-corrected chi connectivity index (χ0v) is 20.4. The molecule has 0 aliphatic heterocycles. The first-order valence-electron chi connectivity index (χ1n) is 11.8. The molecule has 1 fully saturated rings. The Morgan fingerprint density at radius 3 is 2.47 bits per heavy atom. The van der Waals surface area contributed by atoms with Gasteiger partial charge in [-0.1, -0.05) is 34.1 Å². The maximum atomic E-state index is 13.6. The van der Waals surface area contributed by atoms with Gasteiger partial charge in [0.1, 0.15) is 5.75 Å². The first kappa shape index (κ1) is 25.4. The number of carbonyl (C=O) groups is 2. The summed E-state index contributed by atoms with van der Waals surface area (Å²) < 4.78 is 13.2. The fourth-order valence-corrected chi connectivity index (χ4v) is 3.79. The van der Waals surface area contributed by atoms with Crippen molar-refractivity contribution in [2.24, 2.45) is 17.1 Å². The number of pyridine rings is 1. The molecule has 9 nitrogen and oxygen atoms in total. The number of benzene rings is 1. The molecule has 1 heterocycles. The normalized spacial score (nSPS) is 13.6. The van der Waals surface area contributed by atoms with E-state index in [0.717, 1.165) is 25.7 Å². The third-order valence-electron chi connectivity index (χ3n) is 5.55. The molecule has 3 N–H and O–H groups in total. The van der Waals surface area contributed by atoms with Gasteiger partial charge in [-0.05, 0) is 48.8 Å². The summed E-state index contributed by atoms with van der Waals surface area (Å²) in [5, 5.41) is 11.1. The van der Waals surface area contributed by atoms with Gasteiger partial charge in [-0.25, -0.2) is 4.79 Å². The largest absolute Gasteiger partial charge is 0.489 e. The lowest BCUT2D eigenvalue weighted by molar-refractivity contribution is -0.119. The van der Waals surface area contributed by atoms with Crippen LogP contribution in [0.3, 0.4) is 0 Å². The quantitative estimate of drug-likeness (QED) is 0.476. The van der Waals surface area contributed by atoms with Crippen LogP contribution >= 0.6 is 0 Å². The zero-order chi connectivity index (χ0) is 25.0. The van der Waals surface area contributed by atoms with E-state index in [1.165, 1.54) is 4.90 Å². The highest BCUT2D eigenvalue weighted by Crippen LogP contribution is 2.40. The second-order valence-corrected chi connectivity index (χ2v) is 10.1. The van der Waals surface area contributed by atoms with Gasteiger partial charge in [0, 0.05) is 18.5 Å². The van der Waals surface area contributed by atoms with Crippen molar-refractivity contribution in [1.82, 2.24) is 4.57 Å². The lowest BCUT2D eigenvalue weighted by atomic mass is 9.96. The van der Waals surface area contributed by atoms with E-state index in [1.54, 1.807) is 22.8 Å². The number of carboxylic acid groups (broad SMARTS) is 1. The number of hydrogen-bond donors (Lipinski definition) is 2. The molecule has 1 saturated carbocycles. The van der Waals surface area contributed by atoms with Gasteiger partial charge in [0.2, 0.25) is 0 Å². The van der Waals surface area contributed by atoms with Crippen LogP contribution in [0.5, 0.6) is 11.5 Å². The molecule has 3 rings (SSSR count). The molecule has 9 heteroatoms. The molecule has 0 saturated heterocycles. The molecule has 34 heavy (non-hydrogen) atoms. The van der Waals surface area contributed by atoms with Crippen LogP contribution in [0, 0.1) is 11.3 Å². The average Bonchev–Trinajstić information content (AvgIpc) is 3.57. The lowest BCUT2D eigenvalue weighted by Gasteiger charge is -2.31. The third kappa shape index (κ3) is 6.21. The van der Waals surface area contributed by atoms with E-state index in [2.05, 4.69) is 0 Å². The molecule has 0 atom stereocenters. The van der Waals surface area contributed by atoms with Gasteiger partial charge in [0.15, 0.2) is 18.2 Å². The number of primary amides is 1. The van der Waals surface area contributed by atoms with E-state index in [4.69, 9.17) is 15.2 Å². The predicted octanol–water partition coefficient (Wildman–Crippen LogP) is 3.99. The molecular weight excluding hydrogens is 438 g/mol. The van der Waals surface area contributed by atoms with Gasteiger partial charge in [0.25, 0.3) is 11.5 Å². The second-order valence-electron chi connectivity index (χ2n) is 10.1. The Kier molecular flexibility index (Phi) is 7.74. The highest BCUT2D eigenvalue weighted by atomic mass is 16.5. The van der Waals surface area contributed by atoms with Crippen molar-refractivity contribution in [3.8, 4) is 11.5 Å². The van der Waals surface area contributed by atoms with E-state index in [-0.39, 0.29) is 29.9 Å². The molecule has 0 bridgehead atoms. The van der Waals surface area contributed by atoms with Gasteiger partial charge in [-0.15, -0.1) is 0 Å². The average molecular weight is 474 g/mol. The first-order chi connectivity index (χ1) is 16.0. The van der Waals surface area contributed by atoms with Gasteiger partial charge >= 0.3 is 6.09 Å². The second kappa shape index (κ2) is 10.4. The molecule has 0 unspecified atom stereocenters. The first-order valence-corrected chi connectivity index (χ1v) is 11.8. The summed E-state index contributed by atoms with van der Waals surface area (Å²) >= 11 is 0. The molecule has 2 amide bonds. The Hall–Kier alpha value is -3.23. The standard InChI is InChI=1S/C25H35N3O6/c1-5-6-11-33-21-19-12-17(34-14-20(26)29)9-10-18(19)23(30)27(13-16-7-8-16)22(21)28(24(31)32)15-25(2,3)4/h9-10,12,16H,5-8,11,13-15H2,1-4H3,(H2,26,29)(H,31,32). The van der Waals surface area contributed by atoms with Crippen LogP contribution in [0.1, 0.15) is 53.4 Å². The van der Waals surface area contributed by atoms with E-state index < -0.39 is 12.0 Å². The Morgan fingerprint density at radius 1 is 1.21 bits per heavy atom. The van der Waals surface area contributed by atoms with Crippen LogP contribution in [-0.2, 0) is 11.3 Å². The highest BCUT2D eigenvalue weighted by Gasteiger charge is 2.32. The van der Waals surface area contributed by atoms with E-state index in [1.807, 2.05) is 27.7 Å². The zero-order valence-electron chi connectivity index (χ0n) is 20.4. The van der Waals surface area contributed by atoms with Crippen molar-refractivity contribution in [3.05, 3.63) is 28.6 Å². The highest BCUT2D eigenvalue weighted by molar-refractivity contribution is 5.97. The van der Waals surface area contributed by atoms with Crippen LogP contribution < -0.4 is 25.7 Å². The van der Waals surface area contributed by atoms with Crippen LogP contribution in [0.2, 0.25) is 0 Å². The number of rotatable bonds is 11. The van der Waals surface area contributed by atoms with E-state index >= 15 is 0 Å². The van der Waals surface area contributed by atoms with Gasteiger partial charge in [-0.2, -0.15) is 0 Å². The molecule has 1 aliphatic carbocycles. The van der Waals surface area contributed by atoms with Gasteiger partial charge < -0.3 is 20.3 Å². The van der Waals surface area contributed by atoms with Crippen LogP contribution in [0.15, 0.2) is 23.0 Å². The number of aromatic nitrogens is 1. The summed E-state index contributed by atoms with van der Waals surface area (Å²) in [6.45, 7) is 8.55. The number of carbonyl (C=O) groups excluding carboxylic acids is 1. The lowest BCUT2D eigenvalue weighted by Crippen LogP contribution is -2.41. The summed E-state index contributed by atoms with van der Waals surface area (Å²) in [5.74, 6) is 0.632. The fraction of sp³-hybridized carbons (Fsp3) is 0.560. The molecule has 186 valence electrons. The molecule has 1 aromatic heterocycles. The van der Waals surface area contributed by atoms with Gasteiger partial charge in [-0.3, -0.25) is 19.1 Å². The molecule has 0 radical (unpaired) electrons. The number of hydrogen-bond acceptors (Lipinski definition) is 5. The summed E-state index contributed by atoms with van der Waals surface area (Å²) in [6.07, 6.45) is 2.52. The van der Waals surface area contributed by atoms with Crippen molar-refractivity contribution in [2.45, 2.75) is 59.9 Å². The SMILES string of the molecule is CCCCOc1c(N(CC(C)(C)C)C(=O)O)n(CC2CC2)c(=O)c2ccc(OCC(N)=O)cc12. The van der Waals surface area contributed by atoms with Crippen LogP contribution in [0.25, 0.3) is 10.8 Å². The summed E-state index contributed by atoms with van der Waals surface area (Å²) in [5.41, 5.74) is 4.57. The van der Waals surface area contributed by atoms with Gasteiger partial charge in [0.05, 0.1) is 12.0 Å². The smallest absolute Gasteiger partial charge is 0.413 e. The summed E-state index contributed by atoms with van der Waals surface area (Å²) in [4.78, 5) is 38.5. The van der Waals surface area contributed by atoms with Crippen molar-refractivity contribution < 1.29 is 24.2 Å². The molecule has 2 aromatic rings. The van der Waals surface area contributed by atoms with Crippen molar-refractivity contribution in [1.29, 1.82) is 0 Å². The Morgan fingerprint density at radius 2 is 1.91 bits per heavy atom. The number of ether oxygens (including phenoxy) is 2. The number of amides is 2. The van der Waals surface area contributed by atoms with Crippen LogP contribution in [0.4, 0.5) is 10.6 Å². The Balaban J connectivity index is 2.29. The predicted molar refractivity (Wildman–Crippen MR) is 131 cm³/mol. The maximum Gasteiger partial charge on any atom is 0.413 e. The Labute approximate surface area is 199 Å². The van der Waals surface area contributed by atoms with Crippen molar-refractivity contribution in [2.75, 3.05) is 24.7 Å². The third-order valence-corrected chi connectivity index (χ3v) is 5.55. The maximum absolute atomic E-state index is 13.6. The summed E-state index contributed by atoms with van der Waals surface area (Å²) in [7, 11) is 0. The van der Waals surface area contributed by atoms with E-state index in [0.29, 0.717) is 41.3 Å². The minimum atomic E-state index is -1.15. The van der Waals surface area contributed by atoms with E-state index in [9.17, 15) is 19.5 Å². The number of nitrogens with zero attached hydrogens (tertiary/aromatic N) is 2. The number of nitrogens with two attached hydrogens (primary N) is 1. The summed E-state index contributed by atoms with van der Waals surface area (Å²) in [6, 6.07) is 4.85. The minimum Gasteiger partial charge on any atom is -0.489 e. The molecule has 1 aliphatic rings. The van der Waals surface area contributed by atoms with Crippen LogP contribution in [-0.4, -0.2) is 41.4 Å². The molecule has 1 aromatic carbocycles. The van der Waals surface area contributed by atoms with Crippen molar-refractivity contribution in [3.63, 3.8) is 0 Å². The molecular formula is C25H35N3O6. The monoisotopic (exact) mass is 473 g/mol. The fourth-order valence-electron chi connectivity index (χ4n) is 3.79. The number of anilines is 1. The number of unbranched alkanes of at least 4 members (excludes halogenated alkanes) is 1. The molecule has 0 spiro atoms.